The minimum atomic E-state index is -0.552. The monoisotopic (exact) mass is 174 g/mol. The molecule has 0 saturated heterocycles. The van der Waals surface area contributed by atoms with Crippen LogP contribution in [0.3, 0.4) is 0 Å². The fourth-order valence-corrected chi connectivity index (χ4v) is 0.558. The molecule has 0 aromatic rings. The van der Waals surface area contributed by atoms with E-state index in [-0.39, 0.29) is 18.6 Å². The molecule has 0 aliphatic carbocycles. The van der Waals surface area contributed by atoms with E-state index < -0.39 is 5.41 Å². The second-order valence-electron chi connectivity index (χ2n) is 3.65. The van der Waals surface area contributed by atoms with Crippen LogP contribution in [0.25, 0.3) is 0 Å². The van der Waals surface area contributed by atoms with E-state index in [1.165, 1.54) is 0 Å². The van der Waals surface area contributed by atoms with Gasteiger partial charge in [0, 0.05) is 12.6 Å². The van der Waals surface area contributed by atoms with E-state index in [9.17, 15) is 4.79 Å². The Hall–Kier alpha value is -0.610. The van der Waals surface area contributed by atoms with Crippen LogP contribution in [0.5, 0.6) is 0 Å². The van der Waals surface area contributed by atoms with Gasteiger partial charge in [-0.3, -0.25) is 4.79 Å². The first-order chi connectivity index (χ1) is 5.44. The summed E-state index contributed by atoms with van der Waals surface area (Å²) in [4.78, 5) is 11.4. The van der Waals surface area contributed by atoms with Crippen molar-refractivity contribution in [3.8, 4) is 0 Å². The highest BCUT2D eigenvalue weighted by atomic mass is 16.3. The Balaban J connectivity index is 4.03. The second kappa shape index (κ2) is 4.42. The third-order valence-corrected chi connectivity index (χ3v) is 1.78. The number of hydrogen-bond donors (Lipinski definition) is 3. The molecule has 4 nitrogen and oxygen atoms in total. The Labute approximate surface area is 73.1 Å². The van der Waals surface area contributed by atoms with Gasteiger partial charge in [0.2, 0.25) is 5.91 Å². The van der Waals surface area contributed by atoms with Crippen LogP contribution in [0.15, 0.2) is 0 Å². The SMILES string of the molecule is CC(CO)NC(=O)C(C)(C)CN. The zero-order valence-electron chi connectivity index (χ0n) is 7.92. The van der Waals surface area contributed by atoms with E-state index in [1.54, 1.807) is 20.8 Å². The first-order valence-electron chi connectivity index (χ1n) is 4.06. The molecule has 0 aliphatic rings. The fraction of sp³-hybridized carbons (Fsp3) is 0.875. The van der Waals surface area contributed by atoms with Crippen molar-refractivity contribution in [2.45, 2.75) is 26.8 Å². The minimum absolute atomic E-state index is 0.0492. The Kier molecular flexibility index (Phi) is 4.20. The van der Waals surface area contributed by atoms with Crippen LogP contribution < -0.4 is 11.1 Å². The van der Waals surface area contributed by atoms with Crippen LogP contribution in [-0.4, -0.2) is 30.2 Å². The number of carbonyl (C=O) groups excluding carboxylic acids is 1. The molecule has 0 spiro atoms. The number of hydrogen-bond acceptors (Lipinski definition) is 3. The van der Waals surface area contributed by atoms with Gasteiger partial charge < -0.3 is 16.2 Å². The summed E-state index contributed by atoms with van der Waals surface area (Å²) < 4.78 is 0. The lowest BCUT2D eigenvalue weighted by molar-refractivity contribution is -0.129. The Morgan fingerprint density at radius 3 is 2.50 bits per heavy atom. The van der Waals surface area contributed by atoms with E-state index >= 15 is 0 Å². The average Bonchev–Trinajstić information content (AvgIpc) is 2.04. The van der Waals surface area contributed by atoms with E-state index in [4.69, 9.17) is 10.8 Å². The van der Waals surface area contributed by atoms with Gasteiger partial charge in [-0.15, -0.1) is 0 Å². The molecule has 12 heavy (non-hydrogen) atoms. The van der Waals surface area contributed by atoms with E-state index in [2.05, 4.69) is 5.32 Å². The summed E-state index contributed by atoms with van der Waals surface area (Å²) in [7, 11) is 0. The van der Waals surface area contributed by atoms with Crippen LogP contribution in [0.1, 0.15) is 20.8 Å². The molecule has 0 radical (unpaired) electrons. The molecular formula is C8H18N2O2. The summed E-state index contributed by atoms with van der Waals surface area (Å²) in [6.07, 6.45) is 0. The molecule has 72 valence electrons. The molecule has 0 aromatic heterocycles. The van der Waals surface area contributed by atoms with Gasteiger partial charge in [0.25, 0.3) is 0 Å². The lowest BCUT2D eigenvalue weighted by Gasteiger charge is -2.23. The summed E-state index contributed by atoms with van der Waals surface area (Å²) in [6.45, 7) is 5.53. The van der Waals surface area contributed by atoms with Crippen LogP contribution in [0.4, 0.5) is 0 Å². The summed E-state index contributed by atoms with van der Waals surface area (Å²) in [5, 5.41) is 11.3. The Morgan fingerprint density at radius 1 is 1.67 bits per heavy atom. The van der Waals surface area contributed by atoms with Gasteiger partial charge in [0.1, 0.15) is 0 Å². The van der Waals surface area contributed by atoms with Crippen molar-refractivity contribution in [1.82, 2.24) is 5.32 Å². The molecule has 0 saturated carbocycles. The summed E-state index contributed by atoms with van der Waals surface area (Å²) in [5.74, 6) is -0.119. The maximum Gasteiger partial charge on any atom is 0.227 e. The third-order valence-electron chi connectivity index (χ3n) is 1.78. The van der Waals surface area contributed by atoms with Gasteiger partial charge in [0.05, 0.1) is 12.0 Å². The maximum atomic E-state index is 11.4. The van der Waals surface area contributed by atoms with Gasteiger partial charge in [-0.2, -0.15) is 0 Å². The first kappa shape index (κ1) is 11.4. The molecule has 0 rings (SSSR count). The van der Waals surface area contributed by atoms with Gasteiger partial charge in [0.15, 0.2) is 0 Å². The quantitative estimate of drug-likeness (QED) is 0.536. The standard InChI is InChI=1S/C8H18N2O2/c1-6(4-11)10-7(12)8(2,3)5-9/h6,11H,4-5,9H2,1-3H3,(H,10,12). The van der Waals surface area contributed by atoms with Gasteiger partial charge in [-0.1, -0.05) is 0 Å². The molecule has 4 N–H and O–H groups in total. The fourth-order valence-electron chi connectivity index (χ4n) is 0.558. The van der Waals surface area contributed by atoms with Crippen molar-refractivity contribution in [3.05, 3.63) is 0 Å². The molecule has 0 aromatic carbocycles. The maximum absolute atomic E-state index is 11.4. The first-order valence-corrected chi connectivity index (χ1v) is 4.06. The predicted octanol–water partition coefficient (Wildman–Crippen LogP) is -0.532. The van der Waals surface area contributed by atoms with E-state index in [1.807, 2.05) is 0 Å². The lowest BCUT2D eigenvalue weighted by atomic mass is 9.92. The van der Waals surface area contributed by atoms with Crippen LogP contribution in [0, 0.1) is 5.41 Å². The molecule has 1 unspecified atom stereocenters. The van der Waals surface area contributed by atoms with Crippen molar-refractivity contribution < 1.29 is 9.90 Å². The highest BCUT2D eigenvalue weighted by Crippen LogP contribution is 2.12. The number of amides is 1. The predicted molar refractivity (Wildman–Crippen MR) is 47.5 cm³/mol. The lowest BCUT2D eigenvalue weighted by Crippen LogP contribution is -2.46. The molecular weight excluding hydrogens is 156 g/mol. The normalized spacial score (nSPS) is 14.1. The van der Waals surface area contributed by atoms with Crippen LogP contribution in [-0.2, 0) is 4.79 Å². The van der Waals surface area contributed by atoms with Crippen molar-refractivity contribution in [1.29, 1.82) is 0 Å². The van der Waals surface area contributed by atoms with Crippen molar-refractivity contribution >= 4 is 5.91 Å². The van der Waals surface area contributed by atoms with E-state index in [0.29, 0.717) is 6.54 Å². The molecule has 0 heterocycles. The largest absolute Gasteiger partial charge is 0.394 e. The molecule has 0 aliphatic heterocycles. The van der Waals surface area contributed by atoms with E-state index in [0.717, 1.165) is 0 Å². The van der Waals surface area contributed by atoms with Crippen LogP contribution >= 0.6 is 0 Å². The molecule has 1 amide bonds. The second-order valence-corrected chi connectivity index (χ2v) is 3.65. The summed E-state index contributed by atoms with van der Waals surface area (Å²) in [5.41, 5.74) is 4.85. The van der Waals surface area contributed by atoms with Crippen molar-refractivity contribution in [2.75, 3.05) is 13.2 Å². The Bertz CT molecular complexity index is 157. The Morgan fingerprint density at radius 2 is 2.17 bits per heavy atom. The number of aliphatic hydroxyl groups is 1. The van der Waals surface area contributed by atoms with Crippen molar-refractivity contribution in [3.63, 3.8) is 0 Å². The third kappa shape index (κ3) is 3.19. The molecule has 1 atom stereocenters. The summed E-state index contributed by atoms with van der Waals surface area (Å²) >= 11 is 0. The van der Waals surface area contributed by atoms with Crippen molar-refractivity contribution in [2.24, 2.45) is 11.1 Å². The number of aliphatic hydroxyl groups excluding tert-OH is 1. The highest BCUT2D eigenvalue weighted by Gasteiger charge is 2.26. The molecule has 0 bridgehead atoms. The average molecular weight is 174 g/mol. The highest BCUT2D eigenvalue weighted by molar-refractivity contribution is 5.82. The number of nitrogens with two attached hydrogens (primary N) is 1. The number of nitrogens with one attached hydrogen (secondary N) is 1. The molecule has 0 fully saturated rings. The van der Waals surface area contributed by atoms with Gasteiger partial charge >= 0.3 is 0 Å². The van der Waals surface area contributed by atoms with Gasteiger partial charge in [-0.05, 0) is 20.8 Å². The van der Waals surface area contributed by atoms with Crippen LogP contribution in [0.2, 0.25) is 0 Å². The topological polar surface area (TPSA) is 75.3 Å². The number of carbonyl (C=O) groups is 1. The minimum Gasteiger partial charge on any atom is -0.394 e. The number of rotatable bonds is 4. The smallest absolute Gasteiger partial charge is 0.227 e. The van der Waals surface area contributed by atoms with Gasteiger partial charge in [-0.25, -0.2) is 0 Å². The molecule has 4 heteroatoms. The zero-order chi connectivity index (χ0) is 9.78. The summed E-state index contributed by atoms with van der Waals surface area (Å²) in [6, 6.07) is -0.205. The zero-order valence-corrected chi connectivity index (χ0v) is 7.92.